The lowest BCUT2D eigenvalue weighted by atomic mass is 10.1. The molecular weight excluding hydrogens is 362 g/mol. The Kier molecular flexibility index (Phi) is 5.43. The fourth-order valence-electron chi connectivity index (χ4n) is 0.879. The van der Waals surface area contributed by atoms with E-state index in [4.69, 9.17) is 0 Å². The zero-order chi connectivity index (χ0) is 18.3. The molecule has 0 radical (unpaired) electrons. The second-order valence-electron chi connectivity index (χ2n) is 3.63. The Morgan fingerprint density at radius 2 is 1.00 bits per heavy atom. The van der Waals surface area contributed by atoms with Crippen LogP contribution in [0.1, 0.15) is 0 Å². The van der Waals surface area contributed by atoms with Gasteiger partial charge in [-0.25, -0.2) is 22.0 Å². The van der Waals surface area contributed by atoms with E-state index in [0.29, 0.717) is 0 Å². The second kappa shape index (κ2) is 5.76. The molecule has 0 aromatic heterocycles. The number of hydrogen-bond acceptors (Lipinski definition) is 0. The van der Waals surface area contributed by atoms with E-state index in [1.165, 1.54) is 0 Å². The Morgan fingerprint density at radius 3 is 1.27 bits per heavy atom. The van der Waals surface area contributed by atoms with E-state index in [2.05, 4.69) is 0 Å². The molecule has 0 rings (SSSR count). The Balaban J connectivity index is 6.05. The number of hydrogen-bond donors (Lipinski definition) is 0. The van der Waals surface area contributed by atoms with E-state index in [1.54, 1.807) is 0 Å². The van der Waals surface area contributed by atoms with Crippen LogP contribution in [0.15, 0.2) is 11.7 Å². The van der Waals surface area contributed by atoms with Crippen molar-refractivity contribution in [3.63, 3.8) is 0 Å². The molecule has 132 valence electrons. The molecule has 14 heteroatoms. The average Bonchev–Trinajstić information content (AvgIpc) is 2.33. The van der Waals surface area contributed by atoms with Crippen LogP contribution in [0, 0.1) is 0 Å². The third-order valence-corrected chi connectivity index (χ3v) is 2.08. The first-order valence-electron chi connectivity index (χ1n) is 4.61. The van der Waals surface area contributed by atoms with Gasteiger partial charge in [-0.05, 0) is 0 Å². The van der Waals surface area contributed by atoms with Crippen molar-refractivity contribution in [1.82, 2.24) is 0 Å². The van der Waals surface area contributed by atoms with Crippen molar-refractivity contribution in [2.75, 3.05) is 0 Å². The highest BCUT2D eigenvalue weighted by atomic mass is 19.4. The third kappa shape index (κ3) is 3.24. The molecule has 0 heterocycles. The molecule has 0 aromatic carbocycles. The van der Waals surface area contributed by atoms with Gasteiger partial charge in [0.2, 0.25) is 17.8 Å². The Labute approximate surface area is 111 Å². The van der Waals surface area contributed by atoms with Crippen LogP contribution in [0.25, 0.3) is 0 Å². The van der Waals surface area contributed by atoms with Gasteiger partial charge in [0.05, 0.1) is 0 Å². The normalized spacial score (nSPS) is 17.6. The predicted octanol–water partition coefficient (Wildman–Crippen LogP) is 5.21. The lowest BCUT2D eigenvalue weighted by Crippen LogP contribution is -2.53. The first kappa shape index (κ1) is 20.8. The molecule has 0 amide bonds. The molecule has 0 aliphatic rings. The van der Waals surface area contributed by atoms with Gasteiger partial charge >= 0.3 is 23.9 Å². The molecule has 0 N–H and O–H groups in total. The fourth-order valence-corrected chi connectivity index (χ4v) is 0.879. The summed E-state index contributed by atoms with van der Waals surface area (Å²) in [4.78, 5) is 0. The summed E-state index contributed by atoms with van der Waals surface area (Å²) in [5.41, 5.74) is 0. The van der Waals surface area contributed by atoms with Crippen LogP contribution in [0.2, 0.25) is 0 Å². The minimum Gasteiger partial charge on any atom is -0.234 e. The lowest BCUT2D eigenvalue weighted by molar-refractivity contribution is -0.348. The van der Waals surface area contributed by atoms with Crippen molar-refractivity contribution in [2.45, 2.75) is 36.5 Å². The summed E-state index contributed by atoms with van der Waals surface area (Å²) in [6, 6.07) is 0. The molecule has 1 atom stereocenters. The molecule has 0 aliphatic carbocycles. The zero-order valence-corrected chi connectivity index (χ0v) is 9.45. The minimum absolute atomic E-state index is 4.51. The minimum atomic E-state index is -7.37. The second-order valence-corrected chi connectivity index (χ2v) is 3.63. The summed E-state index contributed by atoms with van der Waals surface area (Å²) in [6.07, 6.45) is -16.9. The molecule has 22 heavy (non-hydrogen) atoms. The maximum Gasteiger partial charge on any atom is 0.460 e. The first-order chi connectivity index (χ1) is 9.42. The number of alkyl halides is 12. The van der Waals surface area contributed by atoms with Gasteiger partial charge in [-0.2, -0.15) is 39.5 Å². The van der Waals surface area contributed by atoms with Gasteiger partial charge in [0.15, 0.2) is 0 Å². The van der Waals surface area contributed by atoms with Crippen LogP contribution in [0.4, 0.5) is 61.5 Å². The van der Waals surface area contributed by atoms with E-state index in [-0.39, 0.29) is 0 Å². The number of rotatable bonds is 5. The smallest absolute Gasteiger partial charge is 0.234 e. The van der Waals surface area contributed by atoms with Gasteiger partial charge in [-0.1, -0.05) is 0 Å². The summed E-state index contributed by atoms with van der Waals surface area (Å²) in [6.45, 7) is 0. The zero-order valence-electron chi connectivity index (χ0n) is 9.45. The van der Waals surface area contributed by atoms with Crippen LogP contribution in [0.5, 0.6) is 0 Å². The van der Waals surface area contributed by atoms with Crippen molar-refractivity contribution in [3.05, 3.63) is 11.7 Å². The summed E-state index contributed by atoms with van der Waals surface area (Å²) in [7, 11) is 0. The molecule has 0 fully saturated rings. The predicted molar refractivity (Wildman–Crippen MR) is 41.0 cm³/mol. The largest absolute Gasteiger partial charge is 0.460 e. The van der Waals surface area contributed by atoms with E-state index < -0.39 is 48.2 Å². The van der Waals surface area contributed by atoms with Crippen molar-refractivity contribution in [3.8, 4) is 0 Å². The molecule has 0 aromatic rings. The van der Waals surface area contributed by atoms with E-state index in [1.807, 2.05) is 0 Å². The van der Waals surface area contributed by atoms with E-state index >= 15 is 0 Å². The fraction of sp³-hybridized carbons (Fsp3) is 0.750. The Hall–Kier alpha value is -1.24. The van der Waals surface area contributed by atoms with Gasteiger partial charge in [-0.15, -0.1) is 0 Å². The van der Waals surface area contributed by atoms with Gasteiger partial charge < -0.3 is 0 Å². The molecule has 0 nitrogen and oxygen atoms in total. The van der Waals surface area contributed by atoms with Crippen molar-refractivity contribution < 1.29 is 61.5 Å². The number of halogens is 14. The summed E-state index contributed by atoms with van der Waals surface area (Å²) in [5.74, 6) is -30.2. The summed E-state index contributed by atoms with van der Waals surface area (Å²) in [5, 5.41) is 0. The maximum atomic E-state index is 12.6. The highest BCUT2D eigenvalue weighted by Gasteiger charge is 2.76. The molecule has 0 saturated carbocycles. The summed E-state index contributed by atoms with van der Waals surface area (Å²) >= 11 is 0. The van der Waals surface area contributed by atoms with E-state index in [0.717, 1.165) is 0 Å². The Bertz CT molecular complexity index is 429. The quantitative estimate of drug-likeness (QED) is 0.588. The standard InChI is InChI=1S/C8H2F14/c9-1(5(14,15)3(11)4(12)13)2(10)6(16,17)7(18,19)8(20,21)22/h3-4H. The van der Waals surface area contributed by atoms with Crippen LogP contribution in [-0.2, 0) is 0 Å². The first-order valence-corrected chi connectivity index (χ1v) is 4.61. The molecular formula is C8H2F14. The van der Waals surface area contributed by atoms with Crippen LogP contribution < -0.4 is 0 Å². The van der Waals surface area contributed by atoms with Gasteiger partial charge in [0.1, 0.15) is 0 Å². The molecule has 0 aliphatic heterocycles. The van der Waals surface area contributed by atoms with Crippen molar-refractivity contribution >= 4 is 0 Å². The molecule has 0 bridgehead atoms. The van der Waals surface area contributed by atoms with Crippen LogP contribution in [0.3, 0.4) is 0 Å². The topological polar surface area (TPSA) is 0 Å². The van der Waals surface area contributed by atoms with Gasteiger partial charge in [0.25, 0.3) is 6.43 Å². The monoisotopic (exact) mass is 364 g/mol. The maximum absolute atomic E-state index is 12.6. The van der Waals surface area contributed by atoms with Crippen molar-refractivity contribution in [2.24, 2.45) is 0 Å². The summed E-state index contributed by atoms with van der Waals surface area (Å²) < 4.78 is 170. The SMILES string of the molecule is FC(=C(F)C(F)(F)C(F)(F)C(F)(F)F)C(F)(F)C(F)C(F)F. The highest BCUT2D eigenvalue weighted by Crippen LogP contribution is 2.52. The average molecular weight is 364 g/mol. The molecule has 0 spiro atoms. The third-order valence-electron chi connectivity index (χ3n) is 2.08. The number of allylic oxidation sites excluding steroid dienone is 2. The van der Waals surface area contributed by atoms with Crippen LogP contribution in [-0.4, -0.2) is 36.5 Å². The van der Waals surface area contributed by atoms with E-state index in [9.17, 15) is 61.5 Å². The molecule has 0 saturated heterocycles. The lowest BCUT2D eigenvalue weighted by Gasteiger charge is -2.28. The highest BCUT2D eigenvalue weighted by molar-refractivity contribution is 5.22. The van der Waals surface area contributed by atoms with Crippen LogP contribution >= 0.6 is 0 Å². The van der Waals surface area contributed by atoms with Crippen molar-refractivity contribution in [1.29, 1.82) is 0 Å². The van der Waals surface area contributed by atoms with Gasteiger partial charge in [0, 0.05) is 0 Å². The molecule has 1 unspecified atom stereocenters. The Morgan fingerprint density at radius 1 is 0.636 bits per heavy atom. The van der Waals surface area contributed by atoms with Gasteiger partial charge in [-0.3, -0.25) is 0 Å².